The van der Waals surface area contributed by atoms with Gasteiger partial charge in [-0.1, -0.05) is 11.6 Å². The molecule has 5 heteroatoms. The van der Waals surface area contributed by atoms with Gasteiger partial charge in [0.25, 0.3) is 0 Å². The average Bonchev–Trinajstić information content (AvgIpc) is 2.83. The molecule has 1 aliphatic carbocycles. The molecule has 5 unspecified atom stereocenters. The smallest absolute Gasteiger partial charge is 0.309 e. The molecule has 5 atom stereocenters. The standard InChI is InChI=1S/C22H26N2O3/c1-5-12-10-24-11-16-19-15-8-13(26-3)6-7-17(15)23(2)21(19)18(24)9-14(12)20(16)22(25)27-4/h5-8,14,16,18,20H,9-11H2,1-4H3. The van der Waals surface area contributed by atoms with Crippen molar-refractivity contribution in [1.82, 2.24) is 9.47 Å². The fourth-order valence-corrected chi connectivity index (χ4v) is 5.94. The van der Waals surface area contributed by atoms with Crippen LogP contribution in [0.5, 0.6) is 5.75 Å². The highest BCUT2D eigenvalue weighted by atomic mass is 16.5. The lowest BCUT2D eigenvalue weighted by Crippen LogP contribution is -2.40. The summed E-state index contributed by atoms with van der Waals surface area (Å²) in [7, 11) is 5.39. The van der Waals surface area contributed by atoms with Gasteiger partial charge in [-0.15, -0.1) is 0 Å². The number of rotatable bonds is 2. The van der Waals surface area contributed by atoms with Gasteiger partial charge < -0.3 is 14.0 Å². The molecule has 0 saturated carbocycles. The number of fused-ring (bicyclic) bond motifs is 2. The molecule has 4 bridgehead atoms. The summed E-state index contributed by atoms with van der Waals surface area (Å²) in [5.41, 5.74) is 5.31. The number of carbonyl (C=O) groups is 1. The average molecular weight is 366 g/mol. The third-order valence-corrected chi connectivity index (χ3v) is 7.10. The van der Waals surface area contributed by atoms with Gasteiger partial charge in [-0.2, -0.15) is 0 Å². The van der Waals surface area contributed by atoms with Crippen LogP contribution in [-0.4, -0.2) is 42.7 Å². The van der Waals surface area contributed by atoms with Gasteiger partial charge in [0.2, 0.25) is 0 Å². The van der Waals surface area contributed by atoms with Gasteiger partial charge in [0.05, 0.1) is 26.2 Å². The van der Waals surface area contributed by atoms with Crippen LogP contribution in [-0.2, 0) is 16.6 Å². The number of benzene rings is 1. The van der Waals surface area contributed by atoms with Crippen molar-refractivity contribution in [2.45, 2.75) is 25.3 Å². The van der Waals surface area contributed by atoms with Crippen LogP contribution in [0.2, 0.25) is 0 Å². The van der Waals surface area contributed by atoms with E-state index >= 15 is 0 Å². The Morgan fingerprint density at radius 3 is 2.78 bits per heavy atom. The lowest BCUT2D eigenvalue weighted by atomic mass is 9.76. The maximum atomic E-state index is 12.9. The van der Waals surface area contributed by atoms with E-state index in [0.717, 1.165) is 25.3 Å². The Kier molecular flexibility index (Phi) is 3.66. The van der Waals surface area contributed by atoms with Gasteiger partial charge in [-0.05, 0) is 43.0 Å². The van der Waals surface area contributed by atoms with E-state index in [0.29, 0.717) is 6.04 Å². The maximum Gasteiger partial charge on any atom is 0.309 e. The molecule has 4 aliphatic heterocycles. The lowest BCUT2D eigenvalue weighted by molar-refractivity contribution is -0.147. The quantitative estimate of drug-likeness (QED) is 0.604. The van der Waals surface area contributed by atoms with Crippen LogP contribution in [0.25, 0.3) is 10.9 Å². The number of ether oxygens (including phenoxy) is 2. The van der Waals surface area contributed by atoms with Gasteiger partial charge in [-0.3, -0.25) is 9.69 Å². The van der Waals surface area contributed by atoms with Crippen LogP contribution in [0, 0.1) is 11.8 Å². The zero-order chi connectivity index (χ0) is 18.9. The molecule has 2 aromatic rings. The molecular weight excluding hydrogens is 340 g/mol. The van der Waals surface area contributed by atoms with E-state index in [1.165, 1.54) is 34.8 Å². The van der Waals surface area contributed by atoms with E-state index in [2.05, 4.69) is 41.6 Å². The largest absolute Gasteiger partial charge is 0.497 e. The van der Waals surface area contributed by atoms with Crippen molar-refractivity contribution in [2.24, 2.45) is 18.9 Å². The zero-order valence-electron chi connectivity index (χ0n) is 16.4. The van der Waals surface area contributed by atoms with Gasteiger partial charge in [0.1, 0.15) is 5.75 Å². The molecule has 5 heterocycles. The molecule has 1 aromatic heterocycles. The lowest BCUT2D eigenvalue weighted by Gasteiger charge is -2.40. The van der Waals surface area contributed by atoms with E-state index in [4.69, 9.17) is 9.47 Å². The molecule has 0 radical (unpaired) electrons. The van der Waals surface area contributed by atoms with E-state index in [1.807, 2.05) is 6.07 Å². The van der Waals surface area contributed by atoms with E-state index in [9.17, 15) is 4.79 Å². The summed E-state index contributed by atoms with van der Waals surface area (Å²) < 4.78 is 13.1. The fourth-order valence-electron chi connectivity index (χ4n) is 5.94. The molecule has 27 heavy (non-hydrogen) atoms. The summed E-state index contributed by atoms with van der Waals surface area (Å²) in [4.78, 5) is 15.5. The molecular formula is C22H26N2O3. The van der Waals surface area contributed by atoms with Gasteiger partial charge >= 0.3 is 5.97 Å². The molecule has 5 nitrogen and oxygen atoms in total. The second-order valence-corrected chi connectivity index (χ2v) is 8.05. The van der Waals surface area contributed by atoms with Crippen LogP contribution in [0.4, 0.5) is 0 Å². The number of methoxy groups -OCH3 is 2. The third kappa shape index (κ3) is 2.12. The number of aryl methyl sites for hydroxylation is 1. The van der Waals surface area contributed by atoms with Crippen molar-refractivity contribution in [3.05, 3.63) is 41.1 Å². The molecule has 142 valence electrons. The summed E-state index contributed by atoms with van der Waals surface area (Å²) in [5, 5.41) is 1.22. The third-order valence-electron chi connectivity index (χ3n) is 7.10. The fraction of sp³-hybridized carbons (Fsp3) is 0.500. The normalized spacial score (nSPS) is 32.6. The Morgan fingerprint density at radius 2 is 2.07 bits per heavy atom. The molecule has 0 spiro atoms. The second-order valence-electron chi connectivity index (χ2n) is 8.05. The van der Waals surface area contributed by atoms with Gasteiger partial charge in [-0.25, -0.2) is 0 Å². The minimum Gasteiger partial charge on any atom is -0.497 e. The van der Waals surface area contributed by atoms with Crippen molar-refractivity contribution in [3.63, 3.8) is 0 Å². The number of nitrogens with zero attached hydrogens (tertiary/aromatic N) is 2. The van der Waals surface area contributed by atoms with E-state index in [-0.39, 0.29) is 23.7 Å². The highest BCUT2D eigenvalue weighted by Crippen LogP contribution is 2.57. The van der Waals surface area contributed by atoms with Crippen LogP contribution < -0.4 is 4.74 Å². The van der Waals surface area contributed by atoms with Crippen molar-refractivity contribution >= 4 is 16.9 Å². The summed E-state index contributed by atoms with van der Waals surface area (Å²) in [5.74, 6) is 1.10. The number of allylic oxidation sites excluding steroid dienone is 1. The summed E-state index contributed by atoms with van der Waals surface area (Å²) in [6.07, 6.45) is 3.20. The molecule has 1 aromatic carbocycles. The molecule has 7 rings (SSSR count). The van der Waals surface area contributed by atoms with Crippen LogP contribution in [0.1, 0.15) is 36.6 Å². The molecule has 0 amide bonds. The number of esters is 1. The number of aromatic nitrogens is 1. The minimum atomic E-state index is -0.116. The highest BCUT2D eigenvalue weighted by Gasteiger charge is 2.54. The first kappa shape index (κ1) is 16.9. The monoisotopic (exact) mass is 366 g/mol. The molecule has 3 saturated heterocycles. The van der Waals surface area contributed by atoms with Crippen molar-refractivity contribution in [1.29, 1.82) is 0 Å². The number of hydrogen-bond donors (Lipinski definition) is 0. The minimum absolute atomic E-state index is 0.0698. The van der Waals surface area contributed by atoms with E-state index in [1.54, 1.807) is 7.11 Å². The second kappa shape index (κ2) is 5.86. The first-order valence-electron chi connectivity index (χ1n) is 9.72. The molecule has 3 fully saturated rings. The number of hydrogen-bond acceptors (Lipinski definition) is 4. The zero-order valence-corrected chi connectivity index (χ0v) is 16.4. The summed E-state index contributed by atoms with van der Waals surface area (Å²) in [6, 6.07) is 6.66. The van der Waals surface area contributed by atoms with Gasteiger partial charge in [0, 0.05) is 42.7 Å². The first-order chi connectivity index (χ1) is 13.1. The van der Waals surface area contributed by atoms with Crippen LogP contribution >= 0.6 is 0 Å². The Labute approximate surface area is 159 Å². The Hall–Kier alpha value is -2.27. The van der Waals surface area contributed by atoms with Crippen molar-refractivity contribution in [3.8, 4) is 5.75 Å². The molecule has 0 N–H and O–H groups in total. The topological polar surface area (TPSA) is 43.7 Å². The van der Waals surface area contributed by atoms with Crippen LogP contribution in [0.15, 0.2) is 29.8 Å². The van der Waals surface area contributed by atoms with Crippen molar-refractivity contribution < 1.29 is 14.3 Å². The SMILES string of the molecule is CC=C1CN2CC3c4c(n(C)c5ccc(OC)cc45)C2CC1C3C(=O)OC. The van der Waals surface area contributed by atoms with Crippen molar-refractivity contribution in [2.75, 3.05) is 27.3 Å². The number of piperidine rings is 1. The predicted octanol–water partition coefficient (Wildman–Crippen LogP) is 3.40. The predicted molar refractivity (Wildman–Crippen MR) is 104 cm³/mol. The molecule has 5 aliphatic rings. The Balaban J connectivity index is 1.80. The van der Waals surface area contributed by atoms with Gasteiger partial charge in [0.15, 0.2) is 0 Å². The Bertz CT molecular complexity index is 974. The summed E-state index contributed by atoms with van der Waals surface area (Å²) in [6.45, 7) is 3.97. The Morgan fingerprint density at radius 1 is 1.26 bits per heavy atom. The summed E-state index contributed by atoms with van der Waals surface area (Å²) >= 11 is 0. The maximum absolute atomic E-state index is 12.9. The van der Waals surface area contributed by atoms with E-state index < -0.39 is 0 Å². The van der Waals surface area contributed by atoms with Crippen LogP contribution in [0.3, 0.4) is 0 Å². The first-order valence-corrected chi connectivity index (χ1v) is 9.72. The highest BCUT2D eigenvalue weighted by molar-refractivity contribution is 5.89. The number of carbonyl (C=O) groups excluding carboxylic acids is 1.